The van der Waals surface area contributed by atoms with E-state index in [-0.39, 0.29) is 11.8 Å². The number of ketones is 1. The van der Waals surface area contributed by atoms with E-state index >= 15 is 0 Å². The second-order valence-electron chi connectivity index (χ2n) is 2.51. The van der Waals surface area contributed by atoms with E-state index in [4.69, 9.17) is 0 Å². The van der Waals surface area contributed by atoms with E-state index in [2.05, 4.69) is 4.74 Å². The third-order valence-corrected chi connectivity index (χ3v) is 2.38. The van der Waals surface area contributed by atoms with Crippen molar-refractivity contribution in [1.82, 2.24) is 0 Å². The lowest BCUT2D eigenvalue weighted by Crippen LogP contribution is -2.19. The zero-order valence-corrected chi connectivity index (χ0v) is 7.42. The smallest absolute Gasteiger partial charge is 0.316 e. The Kier molecular flexibility index (Phi) is 2.81. The van der Waals surface area contributed by atoms with Crippen LogP contribution < -0.4 is 0 Å². The maximum Gasteiger partial charge on any atom is 0.316 e. The molecule has 0 N–H and O–H groups in total. The number of cyclic esters (lactones) is 1. The lowest BCUT2D eigenvalue weighted by Gasteiger charge is -2.00. The number of Topliss-reactive ketones (excluding diaryl/α,β-unsaturated/α-hetero) is 1. The molecule has 11 heavy (non-hydrogen) atoms. The zero-order valence-electron chi connectivity index (χ0n) is 6.42. The second-order valence-corrected chi connectivity index (χ2v) is 3.57. The van der Waals surface area contributed by atoms with Gasteiger partial charge in [0, 0.05) is 15.9 Å². The molecular weight excluding hydrogens is 160 g/mol. The Labute approximate surface area is 67.9 Å². The molecule has 0 aromatic rings. The molecule has 1 fully saturated rings. The van der Waals surface area contributed by atoms with Gasteiger partial charge in [0.25, 0.3) is 0 Å². The second kappa shape index (κ2) is 3.66. The van der Waals surface area contributed by atoms with E-state index in [0.29, 0.717) is 28.6 Å². The molecule has 4 heteroatoms. The van der Waals surface area contributed by atoms with Gasteiger partial charge in [-0.05, 0) is 6.04 Å². The van der Waals surface area contributed by atoms with E-state index in [1.807, 2.05) is 6.55 Å². The fourth-order valence-electron chi connectivity index (χ4n) is 1.09. The molecule has 0 aromatic heterocycles. The summed E-state index contributed by atoms with van der Waals surface area (Å²) in [4.78, 5) is 22.0. The van der Waals surface area contributed by atoms with E-state index in [9.17, 15) is 9.59 Å². The molecule has 1 rings (SSSR count). The van der Waals surface area contributed by atoms with Gasteiger partial charge in [0.2, 0.25) is 0 Å². The number of hydrogen-bond donors (Lipinski definition) is 0. The maximum atomic E-state index is 11.2. The summed E-state index contributed by atoms with van der Waals surface area (Å²) < 4.78 is 4.68. The summed E-state index contributed by atoms with van der Waals surface area (Å²) in [6.07, 6.45) is 0.585. The van der Waals surface area contributed by atoms with Gasteiger partial charge >= 0.3 is 5.97 Å². The summed E-state index contributed by atoms with van der Waals surface area (Å²) in [6, 6.07) is 0.528. The molecule has 0 amide bonds. The highest BCUT2D eigenvalue weighted by Gasteiger charge is 2.31. The van der Waals surface area contributed by atoms with Gasteiger partial charge in [-0.2, -0.15) is 0 Å². The molecule has 0 aliphatic carbocycles. The Morgan fingerprint density at radius 3 is 3.00 bits per heavy atom. The lowest BCUT2D eigenvalue weighted by atomic mass is 10.0. The molecule has 1 unspecified atom stereocenters. The van der Waals surface area contributed by atoms with Gasteiger partial charge < -0.3 is 4.74 Å². The van der Waals surface area contributed by atoms with Gasteiger partial charge in [-0.1, -0.05) is 6.55 Å². The van der Waals surface area contributed by atoms with Crippen LogP contribution in [0.25, 0.3) is 0 Å². The van der Waals surface area contributed by atoms with Crippen LogP contribution in [-0.4, -0.2) is 27.9 Å². The van der Waals surface area contributed by atoms with Crippen molar-refractivity contribution in [1.29, 1.82) is 0 Å². The molecule has 0 saturated carbocycles. The highest BCUT2D eigenvalue weighted by molar-refractivity contribution is 6.40. The summed E-state index contributed by atoms with van der Waals surface area (Å²) >= 11 is 0. The van der Waals surface area contributed by atoms with Crippen molar-refractivity contribution >= 4 is 21.3 Å². The van der Waals surface area contributed by atoms with Crippen LogP contribution in [0.2, 0.25) is 12.6 Å². The number of carbonyl (C=O) groups excluding carboxylic acids is 2. The number of carbonyl (C=O) groups is 2. The van der Waals surface area contributed by atoms with Gasteiger partial charge in [-0.3, -0.25) is 9.59 Å². The molecular formula is C7H10O3Si. The number of esters is 1. The van der Waals surface area contributed by atoms with Gasteiger partial charge in [0.05, 0.1) is 6.61 Å². The van der Waals surface area contributed by atoms with Gasteiger partial charge in [0.15, 0.2) is 0 Å². The van der Waals surface area contributed by atoms with Gasteiger partial charge in [0.1, 0.15) is 11.7 Å². The SMILES string of the molecule is C[Si]CC(=O)C1CCOC1=O. The van der Waals surface area contributed by atoms with E-state index in [1.165, 1.54) is 0 Å². The first-order chi connectivity index (χ1) is 5.25. The van der Waals surface area contributed by atoms with E-state index in [1.54, 1.807) is 0 Å². The number of ether oxygens (including phenoxy) is 1. The third-order valence-electron chi connectivity index (χ3n) is 1.68. The highest BCUT2D eigenvalue weighted by Crippen LogP contribution is 2.16. The lowest BCUT2D eigenvalue weighted by molar-refractivity contribution is -0.144. The molecule has 1 aliphatic heterocycles. The molecule has 1 aliphatic rings. The summed E-state index contributed by atoms with van der Waals surface area (Å²) in [5.74, 6) is -0.718. The minimum Gasteiger partial charge on any atom is -0.465 e. The molecule has 0 spiro atoms. The Morgan fingerprint density at radius 2 is 2.55 bits per heavy atom. The van der Waals surface area contributed by atoms with Crippen LogP contribution in [-0.2, 0) is 14.3 Å². The normalized spacial score (nSPS) is 23.4. The third kappa shape index (κ3) is 1.89. The Bertz CT molecular complexity index is 179. The zero-order chi connectivity index (χ0) is 8.27. The first-order valence-corrected chi connectivity index (χ1v) is 5.30. The Balaban J connectivity index is 2.46. The molecule has 60 valence electrons. The van der Waals surface area contributed by atoms with Crippen molar-refractivity contribution in [3.63, 3.8) is 0 Å². The van der Waals surface area contributed by atoms with Crippen molar-refractivity contribution in [2.45, 2.75) is 19.0 Å². The van der Waals surface area contributed by atoms with Crippen LogP contribution in [0.5, 0.6) is 0 Å². The van der Waals surface area contributed by atoms with Crippen LogP contribution in [0, 0.1) is 5.92 Å². The van der Waals surface area contributed by atoms with Crippen molar-refractivity contribution in [2.75, 3.05) is 6.61 Å². The molecule has 1 atom stereocenters. The fourth-order valence-corrected chi connectivity index (χ4v) is 1.68. The molecule has 1 saturated heterocycles. The average Bonchev–Trinajstić information content (AvgIpc) is 2.36. The first kappa shape index (κ1) is 8.45. The fraction of sp³-hybridized carbons (Fsp3) is 0.714. The molecule has 0 bridgehead atoms. The summed E-state index contributed by atoms with van der Waals surface area (Å²) in [5.41, 5.74) is 0. The number of rotatable bonds is 3. The van der Waals surface area contributed by atoms with Crippen LogP contribution in [0.3, 0.4) is 0 Å². The monoisotopic (exact) mass is 170 g/mol. The van der Waals surface area contributed by atoms with Crippen molar-refractivity contribution in [3.8, 4) is 0 Å². The Hall–Kier alpha value is -0.643. The largest absolute Gasteiger partial charge is 0.465 e. The van der Waals surface area contributed by atoms with Crippen LogP contribution in [0.4, 0.5) is 0 Å². The van der Waals surface area contributed by atoms with Crippen LogP contribution in [0.15, 0.2) is 0 Å². The Morgan fingerprint density at radius 1 is 1.82 bits per heavy atom. The first-order valence-electron chi connectivity index (χ1n) is 3.59. The molecule has 1 heterocycles. The van der Waals surface area contributed by atoms with Crippen molar-refractivity contribution in [3.05, 3.63) is 0 Å². The minimum absolute atomic E-state index is 0.0494. The van der Waals surface area contributed by atoms with E-state index < -0.39 is 5.92 Å². The van der Waals surface area contributed by atoms with E-state index in [0.717, 1.165) is 0 Å². The standard InChI is InChI=1S/C7H10O3Si/c1-11-4-6(8)5-2-3-10-7(5)9/h5H,2-4H2,1H3. The summed E-state index contributed by atoms with van der Waals surface area (Å²) in [6.45, 7) is 2.38. The molecule has 0 aromatic carbocycles. The molecule has 2 radical (unpaired) electrons. The van der Waals surface area contributed by atoms with Crippen LogP contribution in [0.1, 0.15) is 6.42 Å². The topological polar surface area (TPSA) is 43.4 Å². The average molecular weight is 170 g/mol. The minimum atomic E-state index is -0.442. The number of hydrogen-bond acceptors (Lipinski definition) is 3. The van der Waals surface area contributed by atoms with Crippen molar-refractivity contribution < 1.29 is 14.3 Å². The van der Waals surface area contributed by atoms with Crippen molar-refractivity contribution in [2.24, 2.45) is 5.92 Å². The maximum absolute atomic E-state index is 11.2. The highest BCUT2D eigenvalue weighted by atomic mass is 28.2. The molecule has 3 nitrogen and oxygen atoms in total. The summed E-state index contributed by atoms with van der Waals surface area (Å²) in [5, 5.41) is 0. The predicted molar refractivity (Wildman–Crippen MR) is 40.5 cm³/mol. The quantitative estimate of drug-likeness (QED) is 0.347. The predicted octanol–water partition coefficient (Wildman–Crippen LogP) is 0.289. The van der Waals surface area contributed by atoms with Crippen LogP contribution >= 0.6 is 0 Å². The van der Waals surface area contributed by atoms with Gasteiger partial charge in [-0.15, -0.1) is 0 Å². The van der Waals surface area contributed by atoms with Gasteiger partial charge in [-0.25, -0.2) is 0 Å². The summed E-state index contributed by atoms with van der Waals surface area (Å²) in [7, 11) is 0.597.